The largest absolute Gasteiger partial charge is 0.290 e. The second kappa shape index (κ2) is 9.39. The minimum Gasteiger partial charge on any atom is -0.290 e. The van der Waals surface area contributed by atoms with E-state index >= 15 is 0 Å². The average Bonchev–Trinajstić information content (AvgIpc) is 3.12. The molecule has 33 heavy (non-hydrogen) atoms. The maximum absolute atomic E-state index is 13.0. The van der Waals surface area contributed by atoms with Gasteiger partial charge in [-0.1, -0.05) is 54.1 Å². The summed E-state index contributed by atoms with van der Waals surface area (Å²) in [5.74, 6) is 0. The normalized spacial score (nSPS) is 16.3. The Morgan fingerprint density at radius 3 is 2.33 bits per heavy atom. The molecule has 2 aromatic heterocycles. The molecule has 4 aromatic rings. The molecule has 5 rings (SSSR count). The first-order valence-electron chi connectivity index (χ1n) is 11.2. The molecule has 1 atom stereocenters. The van der Waals surface area contributed by atoms with Gasteiger partial charge in [0, 0.05) is 36.9 Å². The average molecular weight is 479 g/mol. The number of hydrogen-bond donors (Lipinski definition) is 0. The van der Waals surface area contributed by atoms with Crippen molar-refractivity contribution in [1.82, 2.24) is 18.7 Å². The first-order chi connectivity index (χ1) is 16.0. The van der Waals surface area contributed by atoms with E-state index in [2.05, 4.69) is 57.2 Å². The highest BCUT2D eigenvalue weighted by Gasteiger charge is 2.27. The molecular weight excluding hydrogens is 452 g/mol. The van der Waals surface area contributed by atoms with Crippen molar-refractivity contribution in [2.24, 2.45) is 0 Å². The number of hydrogen-bond acceptors (Lipinski definition) is 5. The zero-order valence-electron chi connectivity index (χ0n) is 18.9. The highest BCUT2D eigenvalue weighted by atomic mass is 35.5. The zero-order chi connectivity index (χ0) is 22.9. The third-order valence-corrected chi connectivity index (χ3v) is 7.57. The van der Waals surface area contributed by atoms with Crippen LogP contribution in [0.1, 0.15) is 28.4 Å². The lowest BCUT2D eigenvalue weighted by molar-refractivity contribution is 0.0906. The van der Waals surface area contributed by atoms with Crippen LogP contribution < -0.4 is 5.56 Å². The van der Waals surface area contributed by atoms with Crippen molar-refractivity contribution in [3.8, 4) is 0 Å². The van der Waals surface area contributed by atoms with E-state index in [9.17, 15) is 4.79 Å². The predicted molar refractivity (Wildman–Crippen MR) is 136 cm³/mol. The van der Waals surface area contributed by atoms with Gasteiger partial charge in [0.2, 0.25) is 0 Å². The molecule has 5 nitrogen and oxygen atoms in total. The lowest BCUT2D eigenvalue weighted by Gasteiger charge is -2.39. The van der Waals surface area contributed by atoms with E-state index < -0.39 is 0 Å². The Bertz CT molecular complexity index is 1310. The molecule has 170 valence electrons. The first-order valence-corrected chi connectivity index (χ1v) is 12.4. The van der Waals surface area contributed by atoms with Crippen LogP contribution in [-0.2, 0) is 6.67 Å². The summed E-state index contributed by atoms with van der Waals surface area (Å²) >= 11 is 7.63. The van der Waals surface area contributed by atoms with Crippen LogP contribution in [-0.4, -0.2) is 44.9 Å². The number of benzene rings is 2. The van der Waals surface area contributed by atoms with Crippen LogP contribution in [0.2, 0.25) is 5.02 Å². The van der Waals surface area contributed by atoms with E-state index in [1.807, 2.05) is 36.0 Å². The molecule has 0 radical (unpaired) electrons. The van der Waals surface area contributed by atoms with Crippen molar-refractivity contribution in [1.29, 1.82) is 0 Å². The van der Waals surface area contributed by atoms with E-state index in [-0.39, 0.29) is 11.6 Å². The molecule has 3 heterocycles. The van der Waals surface area contributed by atoms with Crippen LogP contribution in [0.15, 0.2) is 65.5 Å². The number of halogens is 1. The molecule has 7 heteroatoms. The number of aromatic nitrogens is 2. The van der Waals surface area contributed by atoms with Gasteiger partial charge in [-0.25, -0.2) is 8.94 Å². The van der Waals surface area contributed by atoms with Gasteiger partial charge in [-0.3, -0.25) is 14.6 Å². The second-order valence-corrected chi connectivity index (χ2v) is 10.1. The highest BCUT2D eigenvalue weighted by molar-refractivity contribution is 7.13. The second-order valence-electron chi connectivity index (χ2n) is 8.70. The summed E-state index contributed by atoms with van der Waals surface area (Å²) in [7, 11) is 0. The summed E-state index contributed by atoms with van der Waals surface area (Å²) in [6.07, 6.45) is 0. The Morgan fingerprint density at radius 2 is 1.64 bits per heavy atom. The third kappa shape index (κ3) is 4.62. The van der Waals surface area contributed by atoms with Gasteiger partial charge < -0.3 is 0 Å². The molecule has 0 saturated carbocycles. The first kappa shape index (κ1) is 22.3. The fourth-order valence-electron chi connectivity index (χ4n) is 4.73. The highest BCUT2D eigenvalue weighted by Crippen LogP contribution is 2.30. The van der Waals surface area contributed by atoms with Crippen LogP contribution in [0.4, 0.5) is 0 Å². The molecule has 0 bridgehead atoms. The summed E-state index contributed by atoms with van der Waals surface area (Å²) < 4.78 is 1.85. The van der Waals surface area contributed by atoms with E-state index in [0.29, 0.717) is 6.67 Å². The van der Waals surface area contributed by atoms with Crippen molar-refractivity contribution in [2.45, 2.75) is 26.6 Å². The molecule has 1 unspecified atom stereocenters. The SMILES string of the molecule is Cc1cc(C)c2c(=O)n(CN3CCN(C(c4ccccc4)c4ccc(Cl)cc4)CC3)sc2n1. The standard InChI is InChI=1S/C26H27ClN4OS/c1-18-16-19(2)28-25-23(18)26(32)31(33-25)17-29-12-14-30(15-13-29)24(20-6-4-3-5-7-20)21-8-10-22(27)11-9-21/h3-11,16,24H,12-15,17H2,1-2H3. The van der Waals surface area contributed by atoms with E-state index in [1.54, 1.807) is 0 Å². The van der Waals surface area contributed by atoms with Crippen molar-refractivity contribution >= 4 is 33.4 Å². The molecule has 0 aliphatic carbocycles. The van der Waals surface area contributed by atoms with E-state index in [4.69, 9.17) is 11.6 Å². The van der Waals surface area contributed by atoms with Gasteiger partial charge in [0.1, 0.15) is 4.83 Å². The van der Waals surface area contributed by atoms with Gasteiger partial charge in [0.05, 0.1) is 18.1 Å². The van der Waals surface area contributed by atoms with Crippen LogP contribution >= 0.6 is 23.1 Å². The van der Waals surface area contributed by atoms with E-state index in [1.165, 1.54) is 22.7 Å². The molecular formula is C26H27ClN4OS. The molecule has 0 N–H and O–H groups in total. The maximum Gasteiger partial charge on any atom is 0.271 e. The topological polar surface area (TPSA) is 41.4 Å². The lowest BCUT2D eigenvalue weighted by atomic mass is 9.96. The molecule has 1 saturated heterocycles. The van der Waals surface area contributed by atoms with Crippen LogP contribution in [0.5, 0.6) is 0 Å². The smallest absolute Gasteiger partial charge is 0.271 e. The minimum absolute atomic E-state index is 0.0748. The monoisotopic (exact) mass is 478 g/mol. The summed E-state index contributed by atoms with van der Waals surface area (Å²) in [6.45, 7) is 8.25. The van der Waals surface area contributed by atoms with Crippen molar-refractivity contribution in [3.63, 3.8) is 0 Å². The van der Waals surface area contributed by atoms with Crippen LogP contribution in [0.3, 0.4) is 0 Å². The Labute approximate surface area is 203 Å². The fraction of sp³-hybridized carbons (Fsp3) is 0.308. The van der Waals surface area contributed by atoms with Gasteiger partial charge in [-0.15, -0.1) is 0 Å². The summed E-state index contributed by atoms with van der Waals surface area (Å²) in [5, 5.41) is 1.51. The number of nitrogens with zero attached hydrogens (tertiary/aromatic N) is 4. The number of piperazine rings is 1. The Morgan fingerprint density at radius 1 is 0.970 bits per heavy atom. The van der Waals surface area contributed by atoms with Crippen molar-refractivity contribution in [2.75, 3.05) is 26.2 Å². The van der Waals surface area contributed by atoms with E-state index in [0.717, 1.165) is 52.7 Å². The Hall–Kier alpha value is -2.51. The number of pyridine rings is 1. The number of rotatable bonds is 5. The Balaban J connectivity index is 1.34. The van der Waals surface area contributed by atoms with Crippen molar-refractivity contribution in [3.05, 3.63) is 98.4 Å². The third-order valence-electron chi connectivity index (χ3n) is 6.35. The van der Waals surface area contributed by atoms with Gasteiger partial charge >= 0.3 is 0 Å². The molecule has 1 aliphatic rings. The van der Waals surface area contributed by atoms with Gasteiger partial charge in [0.25, 0.3) is 5.56 Å². The summed E-state index contributed by atoms with van der Waals surface area (Å²) in [4.78, 5) is 23.3. The van der Waals surface area contributed by atoms with Gasteiger partial charge in [-0.05, 0) is 60.3 Å². The van der Waals surface area contributed by atoms with Crippen LogP contribution in [0.25, 0.3) is 10.2 Å². The van der Waals surface area contributed by atoms with Crippen molar-refractivity contribution < 1.29 is 0 Å². The summed E-state index contributed by atoms with van der Waals surface area (Å²) in [5.41, 5.74) is 4.57. The van der Waals surface area contributed by atoms with Crippen LogP contribution in [0, 0.1) is 13.8 Å². The molecule has 2 aromatic carbocycles. The number of aryl methyl sites for hydroxylation is 2. The lowest BCUT2D eigenvalue weighted by Crippen LogP contribution is -2.48. The fourth-order valence-corrected chi connectivity index (χ4v) is 5.99. The molecule has 0 spiro atoms. The van der Waals surface area contributed by atoms with Gasteiger partial charge in [0.15, 0.2) is 0 Å². The van der Waals surface area contributed by atoms with Gasteiger partial charge in [-0.2, -0.15) is 0 Å². The predicted octanol–water partition coefficient (Wildman–Crippen LogP) is 5.09. The maximum atomic E-state index is 13.0. The minimum atomic E-state index is 0.0748. The number of fused-ring (bicyclic) bond motifs is 1. The summed E-state index contributed by atoms with van der Waals surface area (Å²) in [6, 6.07) is 21.0. The molecule has 0 amide bonds. The zero-order valence-corrected chi connectivity index (χ0v) is 20.4. The molecule has 1 aliphatic heterocycles. The quantitative estimate of drug-likeness (QED) is 0.400. The molecule has 1 fully saturated rings. The Kier molecular flexibility index (Phi) is 6.34.